The maximum Gasteiger partial charge on any atom is 0.267 e. The molecule has 0 aliphatic rings. The van der Waals surface area contributed by atoms with Crippen molar-refractivity contribution in [1.82, 2.24) is 9.78 Å². The van der Waals surface area contributed by atoms with Crippen molar-refractivity contribution < 1.29 is 8.42 Å². The molecule has 1 aromatic carbocycles. The summed E-state index contributed by atoms with van der Waals surface area (Å²) in [6, 6.07) is 5.58. The molecule has 6 nitrogen and oxygen atoms in total. The van der Waals surface area contributed by atoms with E-state index in [1.807, 2.05) is 39.0 Å². The molecule has 0 unspecified atom stereocenters. The minimum absolute atomic E-state index is 0.00185. The molecule has 0 amide bonds. The van der Waals surface area contributed by atoms with E-state index in [9.17, 15) is 8.42 Å². The summed E-state index contributed by atoms with van der Waals surface area (Å²) in [5.41, 5.74) is 7.97. The fraction of sp³-hybridized carbons (Fsp3) is 0.308. The zero-order chi connectivity index (χ0) is 14.9. The van der Waals surface area contributed by atoms with Crippen molar-refractivity contribution in [2.24, 2.45) is 0 Å². The summed E-state index contributed by atoms with van der Waals surface area (Å²) in [4.78, 5) is 0.00185. The fourth-order valence-corrected chi connectivity index (χ4v) is 3.23. The Hall–Kier alpha value is -2.02. The summed E-state index contributed by atoms with van der Waals surface area (Å²) in [5, 5.41) is 3.96. The molecule has 1 heterocycles. The molecule has 0 bridgehead atoms. The van der Waals surface area contributed by atoms with Gasteiger partial charge < -0.3 is 5.73 Å². The third-order valence-electron chi connectivity index (χ3n) is 3.09. The zero-order valence-electron chi connectivity index (χ0n) is 11.7. The Bertz CT molecular complexity index is 715. The third-order valence-corrected chi connectivity index (χ3v) is 4.45. The maximum absolute atomic E-state index is 12.4. The van der Waals surface area contributed by atoms with E-state index in [0.29, 0.717) is 12.2 Å². The van der Waals surface area contributed by atoms with Gasteiger partial charge in [-0.1, -0.05) is 18.2 Å². The predicted octanol–water partition coefficient (Wildman–Crippen LogP) is 1.90. The molecule has 0 saturated heterocycles. The van der Waals surface area contributed by atoms with Crippen LogP contribution in [0.4, 0.5) is 11.5 Å². The number of sulfonamides is 1. The van der Waals surface area contributed by atoms with Gasteiger partial charge in [-0.15, -0.1) is 0 Å². The molecular weight excluding hydrogens is 276 g/mol. The second kappa shape index (κ2) is 5.16. The van der Waals surface area contributed by atoms with Crippen molar-refractivity contribution in [1.29, 1.82) is 0 Å². The lowest BCUT2D eigenvalue weighted by Gasteiger charge is -2.12. The number of aromatic nitrogens is 2. The second-order valence-electron chi connectivity index (χ2n) is 4.61. The number of nitrogens with zero attached hydrogens (tertiary/aromatic N) is 2. The van der Waals surface area contributed by atoms with Gasteiger partial charge in [-0.25, -0.2) is 8.42 Å². The fourth-order valence-electron chi connectivity index (χ4n) is 1.95. The van der Waals surface area contributed by atoms with E-state index in [2.05, 4.69) is 9.82 Å². The van der Waals surface area contributed by atoms with E-state index in [4.69, 9.17) is 5.73 Å². The lowest BCUT2D eigenvalue weighted by atomic mass is 10.1. The van der Waals surface area contributed by atoms with Crippen molar-refractivity contribution in [3.63, 3.8) is 0 Å². The van der Waals surface area contributed by atoms with E-state index in [1.165, 1.54) is 10.9 Å². The largest absolute Gasteiger partial charge is 0.381 e. The van der Waals surface area contributed by atoms with Gasteiger partial charge in [-0.3, -0.25) is 9.40 Å². The first-order valence-corrected chi connectivity index (χ1v) is 7.75. The Morgan fingerprint density at radius 1 is 1.30 bits per heavy atom. The molecule has 7 heteroatoms. The molecule has 0 aliphatic heterocycles. The van der Waals surface area contributed by atoms with Gasteiger partial charge >= 0.3 is 0 Å². The summed E-state index contributed by atoms with van der Waals surface area (Å²) >= 11 is 0. The number of hydrogen-bond acceptors (Lipinski definition) is 4. The molecule has 108 valence electrons. The average Bonchev–Trinajstić information content (AvgIpc) is 2.76. The van der Waals surface area contributed by atoms with Crippen LogP contribution < -0.4 is 10.5 Å². The average molecular weight is 294 g/mol. The number of aryl methyl sites for hydroxylation is 3. The van der Waals surface area contributed by atoms with Gasteiger partial charge in [0.1, 0.15) is 4.90 Å². The Morgan fingerprint density at radius 3 is 2.40 bits per heavy atom. The molecule has 20 heavy (non-hydrogen) atoms. The van der Waals surface area contributed by atoms with E-state index in [-0.39, 0.29) is 10.7 Å². The topological polar surface area (TPSA) is 90.0 Å². The van der Waals surface area contributed by atoms with Gasteiger partial charge in [0.2, 0.25) is 0 Å². The van der Waals surface area contributed by atoms with Gasteiger partial charge in [-0.05, 0) is 31.9 Å². The smallest absolute Gasteiger partial charge is 0.267 e. The molecule has 3 N–H and O–H groups in total. The van der Waals surface area contributed by atoms with Crippen molar-refractivity contribution in [2.45, 2.75) is 32.2 Å². The SMILES string of the molecule is CCn1cc(S(=O)(=O)Nc2c(C)cccc2C)c(N)n1. The van der Waals surface area contributed by atoms with Crippen molar-refractivity contribution in [3.05, 3.63) is 35.5 Å². The normalized spacial score (nSPS) is 11.6. The standard InChI is InChI=1S/C13H18N4O2S/c1-4-17-8-11(13(14)15-17)20(18,19)16-12-9(2)6-5-7-10(12)3/h5-8,16H,4H2,1-3H3,(H2,14,15). The van der Waals surface area contributed by atoms with Gasteiger partial charge in [0.15, 0.2) is 5.82 Å². The van der Waals surface area contributed by atoms with Crippen molar-refractivity contribution >= 4 is 21.5 Å². The molecule has 2 rings (SSSR count). The first kappa shape index (κ1) is 14.4. The molecule has 0 spiro atoms. The Morgan fingerprint density at radius 2 is 1.90 bits per heavy atom. The number of nitrogen functional groups attached to an aromatic ring is 1. The summed E-state index contributed by atoms with van der Waals surface area (Å²) in [6.07, 6.45) is 1.44. The van der Waals surface area contributed by atoms with Crippen LogP contribution in [-0.2, 0) is 16.6 Å². The van der Waals surface area contributed by atoms with Crippen molar-refractivity contribution in [2.75, 3.05) is 10.5 Å². The van der Waals surface area contributed by atoms with Gasteiger partial charge in [-0.2, -0.15) is 5.10 Å². The number of nitrogens with one attached hydrogen (secondary N) is 1. The van der Waals surface area contributed by atoms with Crippen LogP contribution in [0.1, 0.15) is 18.1 Å². The number of hydrogen-bond donors (Lipinski definition) is 2. The molecule has 0 fully saturated rings. The molecule has 0 radical (unpaired) electrons. The number of para-hydroxylation sites is 1. The van der Waals surface area contributed by atoms with Crippen LogP contribution in [0.3, 0.4) is 0 Å². The van der Waals surface area contributed by atoms with Crippen LogP contribution in [0.25, 0.3) is 0 Å². The minimum Gasteiger partial charge on any atom is -0.381 e. The van der Waals surface area contributed by atoms with Crippen LogP contribution in [-0.4, -0.2) is 18.2 Å². The highest BCUT2D eigenvalue weighted by Crippen LogP contribution is 2.25. The monoisotopic (exact) mass is 294 g/mol. The van der Waals surface area contributed by atoms with E-state index >= 15 is 0 Å². The maximum atomic E-state index is 12.4. The van der Waals surface area contributed by atoms with E-state index in [1.54, 1.807) is 0 Å². The molecule has 1 aromatic heterocycles. The highest BCUT2D eigenvalue weighted by molar-refractivity contribution is 7.92. The first-order chi connectivity index (χ1) is 9.35. The summed E-state index contributed by atoms with van der Waals surface area (Å²) in [7, 11) is -3.74. The van der Waals surface area contributed by atoms with Crippen molar-refractivity contribution in [3.8, 4) is 0 Å². The molecule has 0 aliphatic carbocycles. The van der Waals surface area contributed by atoms with Gasteiger partial charge in [0.25, 0.3) is 10.0 Å². The minimum atomic E-state index is -3.74. The third kappa shape index (κ3) is 2.62. The molecule has 0 saturated carbocycles. The van der Waals surface area contributed by atoms with Crippen LogP contribution in [0.15, 0.2) is 29.3 Å². The highest BCUT2D eigenvalue weighted by Gasteiger charge is 2.22. The van der Waals surface area contributed by atoms with Crippen LogP contribution in [0.5, 0.6) is 0 Å². The Kier molecular flexibility index (Phi) is 3.71. The van der Waals surface area contributed by atoms with Crippen LogP contribution in [0.2, 0.25) is 0 Å². The Labute approximate surface area is 118 Å². The lowest BCUT2D eigenvalue weighted by molar-refractivity contribution is 0.600. The number of nitrogens with two attached hydrogens (primary N) is 1. The number of anilines is 2. The summed E-state index contributed by atoms with van der Waals surface area (Å²) < 4.78 is 28.9. The molecule has 0 atom stereocenters. The summed E-state index contributed by atoms with van der Waals surface area (Å²) in [6.45, 7) is 6.12. The number of rotatable bonds is 4. The molecular formula is C13H18N4O2S. The van der Waals surface area contributed by atoms with Crippen LogP contribution in [0, 0.1) is 13.8 Å². The lowest BCUT2D eigenvalue weighted by Crippen LogP contribution is -2.15. The van der Waals surface area contributed by atoms with Crippen LogP contribution >= 0.6 is 0 Å². The predicted molar refractivity (Wildman–Crippen MR) is 79.0 cm³/mol. The van der Waals surface area contributed by atoms with Gasteiger partial charge in [0, 0.05) is 12.7 Å². The zero-order valence-corrected chi connectivity index (χ0v) is 12.5. The number of benzene rings is 1. The highest BCUT2D eigenvalue weighted by atomic mass is 32.2. The van der Waals surface area contributed by atoms with E-state index in [0.717, 1.165) is 11.1 Å². The quantitative estimate of drug-likeness (QED) is 0.901. The van der Waals surface area contributed by atoms with E-state index < -0.39 is 10.0 Å². The Balaban J connectivity index is 2.43. The second-order valence-corrected chi connectivity index (χ2v) is 6.26. The van der Waals surface area contributed by atoms with Gasteiger partial charge in [0.05, 0.1) is 5.69 Å². The summed E-state index contributed by atoms with van der Waals surface area (Å²) in [5.74, 6) is 0.00517. The molecule has 2 aromatic rings. The first-order valence-electron chi connectivity index (χ1n) is 6.27.